The van der Waals surface area contributed by atoms with E-state index in [0.717, 1.165) is 4.80 Å². The normalized spacial score (nSPS) is 10.9. The topological polar surface area (TPSA) is 110 Å². The zero-order valence-corrected chi connectivity index (χ0v) is 8.95. The van der Waals surface area contributed by atoms with Gasteiger partial charge in [-0.1, -0.05) is 18.2 Å². The van der Waals surface area contributed by atoms with E-state index in [-0.39, 0.29) is 11.2 Å². The number of aromatic nitrogens is 5. The Balaban J connectivity index is 2.40. The second-order valence-electron chi connectivity index (χ2n) is 3.60. The van der Waals surface area contributed by atoms with Gasteiger partial charge in [-0.15, -0.1) is 4.85 Å². The van der Waals surface area contributed by atoms with Crippen molar-refractivity contribution in [2.45, 2.75) is 0 Å². The van der Waals surface area contributed by atoms with Crippen molar-refractivity contribution in [3.8, 4) is 5.69 Å². The number of fused-ring (bicyclic) bond motifs is 1. The maximum atomic E-state index is 11.9. The second-order valence-corrected chi connectivity index (χ2v) is 3.60. The van der Waals surface area contributed by atoms with Gasteiger partial charge in [0, 0.05) is 0 Å². The molecular weight excluding hydrogens is 238 g/mol. The molecule has 90 valence electrons. The van der Waals surface area contributed by atoms with Crippen LogP contribution in [0.25, 0.3) is 16.9 Å². The molecule has 0 bridgehead atoms. The molecule has 0 amide bonds. The van der Waals surface area contributed by atoms with Gasteiger partial charge in [-0.25, -0.2) is 4.79 Å². The van der Waals surface area contributed by atoms with E-state index in [1.807, 2.05) is 4.98 Å². The lowest BCUT2D eigenvalue weighted by Gasteiger charge is -2.01. The van der Waals surface area contributed by atoms with Crippen molar-refractivity contribution in [2.75, 3.05) is 0 Å². The molecule has 8 nitrogen and oxygen atoms in total. The van der Waals surface area contributed by atoms with E-state index < -0.39 is 11.2 Å². The van der Waals surface area contributed by atoms with E-state index in [0.29, 0.717) is 10.5 Å². The van der Waals surface area contributed by atoms with E-state index in [2.05, 4.69) is 10.1 Å². The largest absolute Gasteiger partial charge is 0.692 e. The number of hydrogen-bond acceptors (Lipinski definition) is 4. The summed E-state index contributed by atoms with van der Waals surface area (Å²) in [6.07, 6.45) is 0. The Morgan fingerprint density at radius 2 is 1.89 bits per heavy atom. The van der Waals surface area contributed by atoms with Gasteiger partial charge in [0.2, 0.25) is 0 Å². The van der Waals surface area contributed by atoms with E-state index in [9.17, 15) is 14.8 Å². The molecule has 0 aliphatic carbocycles. The summed E-state index contributed by atoms with van der Waals surface area (Å²) in [5, 5.41) is 15.8. The predicted octanol–water partition coefficient (Wildman–Crippen LogP) is -0.964. The van der Waals surface area contributed by atoms with Crippen molar-refractivity contribution < 1.29 is 4.85 Å². The molecule has 0 aliphatic rings. The molecule has 1 aromatic carbocycles. The molecule has 0 unspecified atom stereocenters. The highest BCUT2D eigenvalue weighted by Gasteiger charge is 2.20. The first-order chi connectivity index (χ1) is 8.66. The Morgan fingerprint density at radius 1 is 1.17 bits per heavy atom. The molecule has 0 spiro atoms. The van der Waals surface area contributed by atoms with Crippen LogP contribution in [0.1, 0.15) is 0 Å². The molecule has 0 saturated heterocycles. The summed E-state index contributed by atoms with van der Waals surface area (Å²) in [4.78, 5) is 28.2. The first kappa shape index (κ1) is 10.3. The number of benzene rings is 1. The van der Waals surface area contributed by atoms with Crippen molar-refractivity contribution in [1.82, 2.24) is 19.9 Å². The first-order valence-corrected chi connectivity index (χ1v) is 5.07. The summed E-state index contributed by atoms with van der Waals surface area (Å²) in [5.74, 6) is 0. The van der Waals surface area contributed by atoms with Gasteiger partial charge < -0.3 is 5.21 Å². The highest BCUT2D eigenvalue weighted by atomic mass is 16.5. The molecule has 2 aromatic heterocycles. The summed E-state index contributed by atoms with van der Waals surface area (Å²) >= 11 is 0. The molecule has 0 atom stereocenters. The fourth-order valence-corrected chi connectivity index (χ4v) is 1.67. The number of nitrogens with zero attached hydrogens (tertiary/aromatic N) is 3. The fraction of sp³-hybridized carbons (Fsp3) is 0. The number of para-hydroxylation sites is 1. The maximum absolute atomic E-state index is 11.9. The number of aromatic amines is 2. The van der Waals surface area contributed by atoms with Gasteiger partial charge in [-0.2, -0.15) is 0 Å². The lowest BCUT2D eigenvalue weighted by Crippen LogP contribution is -2.41. The number of H-pyrrole nitrogens is 2. The summed E-state index contributed by atoms with van der Waals surface area (Å²) in [7, 11) is 0. The van der Waals surface area contributed by atoms with Crippen LogP contribution in [0.2, 0.25) is 0 Å². The Hall–Kier alpha value is -2.90. The van der Waals surface area contributed by atoms with Crippen LogP contribution in [0, 0.1) is 5.21 Å². The van der Waals surface area contributed by atoms with Crippen LogP contribution in [-0.2, 0) is 0 Å². The van der Waals surface area contributed by atoms with Crippen molar-refractivity contribution in [2.24, 2.45) is 0 Å². The van der Waals surface area contributed by atoms with Crippen LogP contribution in [0.5, 0.6) is 0 Å². The zero-order chi connectivity index (χ0) is 12.7. The molecule has 8 heteroatoms. The van der Waals surface area contributed by atoms with Gasteiger partial charge in [-0.3, -0.25) is 14.8 Å². The SMILES string of the molecule is O=c1[nH]c(=O)c2c(nn(-c3ccccc3)[n+]2[O-])[nH]1. The quantitative estimate of drug-likeness (QED) is 0.424. The molecule has 2 N–H and O–H groups in total. The molecule has 0 radical (unpaired) electrons. The predicted molar refractivity (Wildman–Crippen MR) is 61.3 cm³/mol. The summed E-state index contributed by atoms with van der Waals surface area (Å²) in [6.45, 7) is 0. The molecular formula is C10H7N5O3. The van der Waals surface area contributed by atoms with Gasteiger partial charge in [0.1, 0.15) is 5.69 Å². The molecule has 3 aromatic rings. The average molecular weight is 245 g/mol. The van der Waals surface area contributed by atoms with Crippen molar-refractivity contribution in [3.63, 3.8) is 0 Å². The van der Waals surface area contributed by atoms with Crippen LogP contribution in [-0.4, -0.2) is 19.9 Å². The van der Waals surface area contributed by atoms with Gasteiger partial charge >= 0.3 is 16.9 Å². The summed E-state index contributed by atoms with van der Waals surface area (Å²) in [5.41, 5.74) is -1.28. The van der Waals surface area contributed by atoms with Gasteiger partial charge in [0.05, 0.1) is 5.10 Å². The third kappa shape index (κ3) is 1.39. The van der Waals surface area contributed by atoms with E-state index in [1.54, 1.807) is 30.3 Å². The smallest absolute Gasteiger partial charge is 0.330 e. The third-order valence-corrected chi connectivity index (χ3v) is 2.44. The molecule has 18 heavy (non-hydrogen) atoms. The minimum absolute atomic E-state index is 0.0531. The number of hydrogen-bond donors (Lipinski definition) is 2. The number of nitrogens with one attached hydrogen (secondary N) is 2. The first-order valence-electron chi connectivity index (χ1n) is 5.07. The molecule has 0 saturated carbocycles. The Bertz CT molecular complexity index is 830. The standard InChI is InChI=1S/C10H7N5O3/c16-9-7-8(11-10(17)12-9)13-14(15(7)18)6-4-2-1-3-5-6/h1-5H,(H2,11,12,13,16,17). The van der Waals surface area contributed by atoms with E-state index in [1.165, 1.54) is 0 Å². The monoisotopic (exact) mass is 245 g/mol. The fourth-order valence-electron chi connectivity index (χ4n) is 1.67. The van der Waals surface area contributed by atoms with Gasteiger partial charge in [0.25, 0.3) is 5.52 Å². The third-order valence-electron chi connectivity index (χ3n) is 2.44. The molecule has 0 aliphatic heterocycles. The van der Waals surface area contributed by atoms with Crippen LogP contribution in [0.3, 0.4) is 0 Å². The highest BCUT2D eigenvalue weighted by Crippen LogP contribution is 2.04. The summed E-state index contributed by atoms with van der Waals surface area (Å²) < 4.78 is 0. The minimum atomic E-state index is -0.772. The van der Waals surface area contributed by atoms with Crippen molar-refractivity contribution >= 4 is 11.2 Å². The lowest BCUT2D eigenvalue weighted by molar-refractivity contribution is -0.665. The van der Waals surface area contributed by atoms with Crippen molar-refractivity contribution in [3.05, 3.63) is 56.4 Å². The average Bonchev–Trinajstić information content (AvgIpc) is 2.67. The molecule has 3 rings (SSSR count). The Labute approximate surface area is 98.7 Å². The van der Waals surface area contributed by atoms with Crippen LogP contribution in [0.4, 0.5) is 0 Å². The zero-order valence-electron chi connectivity index (χ0n) is 8.95. The van der Waals surface area contributed by atoms with Crippen LogP contribution in [0.15, 0.2) is 39.9 Å². The highest BCUT2D eigenvalue weighted by molar-refractivity contribution is 5.63. The van der Waals surface area contributed by atoms with Crippen LogP contribution < -0.4 is 16.1 Å². The van der Waals surface area contributed by atoms with Crippen LogP contribution >= 0.6 is 0 Å². The minimum Gasteiger partial charge on any atom is -0.692 e. The maximum Gasteiger partial charge on any atom is 0.330 e. The van der Waals surface area contributed by atoms with Gasteiger partial charge in [0.15, 0.2) is 0 Å². The van der Waals surface area contributed by atoms with E-state index >= 15 is 0 Å². The van der Waals surface area contributed by atoms with Crippen molar-refractivity contribution in [1.29, 1.82) is 0 Å². The second kappa shape index (κ2) is 3.55. The van der Waals surface area contributed by atoms with E-state index in [4.69, 9.17) is 0 Å². The molecule has 2 heterocycles. The Kier molecular flexibility index (Phi) is 2.03. The number of rotatable bonds is 1. The van der Waals surface area contributed by atoms with Gasteiger partial charge in [-0.05, 0) is 16.9 Å². The lowest BCUT2D eigenvalue weighted by atomic mass is 10.3. The molecule has 0 fully saturated rings. The summed E-state index contributed by atoms with van der Waals surface area (Å²) in [6, 6.07) is 8.57. The Morgan fingerprint density at radius 3 is 2.61 bits per heavy atom.